The lowest BCUT2D eigenvalue weighted by atomic mass is 9.68. The highest BCUT2D eigenvalue weighted by molar-refractivity contribution is 8.00. The van der Waals surface area contributed by atoms with E-state index < -0.39 is 35.6 Å². The number of nitrogens with one attached hydrogen (secondary N) is 2. The van der Waals surface area contributed by atoms with Crippen LogP contribution >= 0.6 is 34.7 Å². The zero-order valence-corrected chi connectivity index (χ0v) is 27.9. The summed E-state index contributed by atoms with van der Waals surface area (Å²) < 4.78 is 11.1. The highest BCUT2D eigenvalue weighted by Crippen LogP contribution is 2.69. The lowest BCUT2D eigenvalue weighted by Crippen LogP contribution is -2.42. The number of aromatic amines is 1. The number of hydrogen-bond donors (Lipinski definition) is 3. The third-order valence-corrected chi connectivity index (χ3v) is 12.5. The fourth-order valence-electron chi connectivity index (χ4n) is 7.99. The first-order valence-electron chi connectivity index (χ1n) is 15.5. The number of benzene rings is 2. The van der Waals surface area contributed by atoms with Gasteiger partial charge >= 0.3 is 16.8 Å². The number of carbonyl (C=O) groups excluding carboxylic acids is 4. The number of fused-ring (bicyclic) bond motifs is 9. The van der Waals surface area contributed by atoms with Crippen molar-refractivity contribution in [2.45, 2.75) is 36.0 Å². The number of halogens is 1. The Morgan fingerprint density at radius 3 is 2.50 bits per heavy atom. The molecule has 2 aromatic carbocycles. The number of thioether (sulfide) groups is 1. The molecule has 3 N–H and O–H groups in total. The molecule has 15 heteroatoms. The van der Waals surface area contributed by atoms with E-state index in [9.17, 15) is 33.9 Å². The Bertz CT molecular complexity index is 1890. The molecular formula is C33H30ClN3O9S2. The molecule has 2 saturated carbocycles. The molecule has 12 nitrogen and oxygen atoms in total. The molecule has 3 amide bonds. The van der Waals surface area contributed by atoms with Crippen LogP contribution in [0.5, 0.6) is 5.75 Å². The third kappa shape index (κ3) is 5.59. The third-order valence-electron chi connectivity index (χ3n) is 9.71. The second-order valence-electron chi connectivity index (χ2n) is 12.2. The summed E-state index contributed by atoms with van der Waals surface area (Å²) in [6, 6.07) is 11.4. The molecule has 250 valence electrons. The summed E-state index contributed by atoms with van der Waals surface area (Å²) in [6.07, 6.45) is 0.344. The summed E-state index contributed by atoms with van der Waals surface area (Å²) in [5.41, 5.74) is 1.49. The summed E-state index contributed by atoms with van der Waals surface area (Å²) in [4.78, 5) is 80.6. The van der Waals surface area contributed by atoms with Crippen LogP contribution in [0, 0.1) is 29.6 Å². The van der Waals surface area contributed by atoms with E-state index >= 15 is 0 Å². The van der Waals surface area contributed by atoms with Crippen LogP contribution in [0.1, 0.15) is 46.5 Å². The van der Waals surface area contributed by atoms with Crippen molar-refractivity contribution in [1.29, 1.82) is 0 Å². The second kappa shape index (κ2) is 12.7. The average molecular weight is 712 g/mol. The quantitative estimate of drug-likeness (QED) is 0.204. The van der Waals surface area contributed by atoms with Crippen molar-refractivity contribution in [1.82, 2.24) is 9.88 Å². The van der Waals surface area contributed by atoms with E-state index in [1.54, 1.807) is 49.4 Å². The molecule has 3 aromatic rings. The molecule has 1 saturated heterocycles. The van der Waals surface area contributed by atoms with E-state index in [4.69, 9.17) is 21.1 Å². The Kier molecular flexibility index (Phi) is 8.58. The predicted octanol–water partition coefficient (Wildman–Crippen LogP) is 4.23. The van der Waals surface area contributed by atoms with Crippen LogP contribution in [0.15, 0.2) is 52.3 Å². The smallest absolute Gasteiger partial charge is 0.338 e. The number of nitrogens with zero attached hydrogens (tertiary/aromatic N) is 1. The number of aliphatic carboxylic acids is 1. The van der Waals surface area contributed by atoms with Gasteiger partial charge in [0, 0.05) is 38.9 Å². The van der Waals surface area contributed by atoms with Gasteiger partial charge in [-0.25, -0.2) is 4.79 Å². The fraction of sp³-hybridized carbons (Fsp3) is 0.394. The molecule has 48 heavy (non-hydrogen) atoms. The Labute approximate surface area is 287 Å². The molecule has 3 fully saturated rings. The van der Waals surface area contributed by atoms with Crippen LogP contribution in [0.3, 0.4) is 0 Å². The van der Waals surface area contributed by atoms with E-state index in [0.717, 1.165) is 21.1 Å². The van der Waals surface area contributed by atoms with Gasteiger partial charge in [-0.3, -0.25) is 28.9 Å². The molecule has 3 heterocycles. The van der Waals surface area contributed by atoms with Gasteiger partial charge < -0.3 is 24.9 Å². The number of H-pyrrole nitrogens is 1. The van der Waals surface area contributed by atoms with Crippen molar-refractivity contribution in [3.05, 3.63) is 73.2 Å². The van der Waals surface area contributed by atoms with Gasteiger partial charge in [-0.15, -0.1) is 11.8 Å². The zero-order chi connectivity index (χ0) is 33.9. The number of carboxylic acid groups (broad SMARTS) is 1. The van der Waals surface area contributed by atoms with Crippen LogP contribution in [-0.4, -0.2) is 69.7 Å². The summed E-state index contributed by atoms with van der Waals surface area (Å²) >= 11 is 9.15. The number of thiazole rings is 1. The number of carbonyl (C=O) groups is 5. The van der Waals surface area contributed by atoms with Crippen LogP contribution < -0.4 is 14.9 Å². The van der Waals surface area contributed by atoms with Gasteiger partial charge in [-0.2, -0.15) is 0 Å². The maximum absolute atomic E-state index is 13.6. The average Bonchev–Trinajstić information content (AvgIpc) is 3.78. The summed E-state index contributed by atoms with van der Waals surface area (Å²) in [5.74, 6) is -4.20. The summed E-state index contributed by atoms with van der Waals surface area (Å²) in [5, 5.41) is 13.0. The van der Waals surface area contributed by atoms with Crippen molar-refractivity contribution in [3.8, 4) is 5.75 Å². The summed E-state index contributed by atoms with van der Waals surface area (Å²) in [6.45, 7) is 1.47. The number of anilines is 1. The van der Waals surface area contributed by atoms with E-state index in [0.29, 0.717) is 39.0 Å². The highest BCUT2D eigenvalue weighted by atomic mass is 35.5. The maximum Gasteiger partial charge on any atom is 0.338 e. The molecule has 4 aliphatic rings. The minimum atomic E-state index is -1.08. The number of likely N-dealkylation sites (tertiary alicyclic amines) is 1. The second-order valence-corrected chi connectivity index (χ2v) is 14.9. The molecule has 0 spiro atoms. The normalized spacial score (nSPS) is 26.5. The van der Waals surface area contributed by atoms with E-state index in [1.165, 1.54) is 11.8 Å². The Morgan fingerprint density at radius 2 is 1.79 bits per heavy atom. The summed E-state index contributed by atoms with van der Waals surface area (Å²) in [7, 11) is 0. The van der Waals surface area contributed by atoms with Crippen LogP contribution in [0.25, 0.3) is 0 Å². The maximum atomic E-state index is 13.6. The van der Waals surface area contributed by atoms with Gasteiger partial charge in [0.15, 0.2) is 6.61 Å². The molecule has 2 aliphatic carbocycles. The van der Waals surface area contributed by atoms with E-state index in [2.05, 4.69) is 10.3 Å². The van der Waals surface area contributed by atoms with Crippen LogP contribution in [-0.2, 0) is 23.9 Å². The first kappa shape index (κ1) is 32.4. The van der Waals surface area contributed by atoms with Crippen LogP contribution in [0.2, 0.25) is 5.02 Å². The number of amides is 3. The Balaban J connectivity index is 1.16. The molecular weight excluding hydrogens is 682 g/mol. The standard InChI is InChI=1S/C33H30ClN3O9S2/c1-2-45-32(43)14-3-6-16(7-4-14)35-21(38)13-46-20-8-5-15(34)11-17(20)23-24-18-12-19(27(24)47-29-28(23)48-33(44)36-29)26-25(18)30(41)37(31(26)42)10-9-22(39)40/h3-8,11,18-19,23-27H,2,9-10,12-13H2,1H3,(H,35,38)(H,36,44)(H,39,40)/t18?,19?,23-,24?,25?,26?,27?/m1/s1. The molecule has 2 bridgehead atoms. The highest BCUT2D eigenvalue weighted by Gasteiger charge is 2.69. The van der Waals surface area contributed by atoms with Crippen molar-refractivity contribution < 1.29 is 38.6 Å². The van der Waals surface area contributed by atoms with Gasteiger partial charge in [0.1, 0.15) is 5.75 Å². The number of imide groups is 1. The van der Waals surface area contributed by atoms with Gasteiger partial charge in [0.2, 0.25) is 11.8 Å². The van der Waals surface area contributed by atoms with E-state index in [-0.39, 0.29) is 65.9 Å². The van der Waals surface area contributed by atoms with E-state index in [1.807, 2.05) is 0 Å². The monoisotopic (exact) mass is 711 g/mol. The molecule has 7 rings (SSSR count). The van der Waals surface area contributed by atoms with Crippen molar-refractivity contribution >= 4 is 70.0 Å². The van der Waals surface area contributed by atoms with Crippen molar-refractivity contribution in [2.75, 3.05) is 25.1 Å². The lowest BCUT2D eigenvalue weighted by Gasteiger charge is -2.43. The largest absolute Gasteiger partial charge is 0.483 e. The van der Waals surface area contributed by atoms with Gasteiger partial charge in [0.05, 0.1) is 35.5 Å². The topological polar surface area (TPSA) is 172 Å². The van der Waals surface area contributed by atoms with Crippen LogP contribution in [0.4, 0.5) is 5.69 Å². The number of aromatic nitrogens is 1. The molecule has 6 unspecified atom stereocenters. The predicted molar refractivity (Wildman–Crippen MR) is 175 cm³/mol. The fourth-order valence-corrected chi connectivity index (χ4v) is 11.1. The SMILES string of the molecule is CCOC(=O)c1ccc(NC(=O)COc2ccc(Cl)cc2[C@H]2c3sc(=O)[nH]c3SC3C4CC(C5C(=O)N(CCC(=O)O)C(=O)C45)C32)cc1. The minimum Gasteiger partial charge on any atom is -0.483 e. The molecule has 2 aliphatic heterocycles. The lowest BCUT2D eigenvalue weighted by molar-refractivity contribution is -0.142. The number of hydrogen-bond acceptors (Lipinski definition) is 10. The molecule has 7 atom stereocenters. The number of ether oxygens (including phenoxy) is 2. The molecule has 1 aromatic heterocycles. The van der Waals surface area contributed by atoms with Crippen molar-refractivity contribution in [2.24, 2.45) is 29.6 Å². The Hall–Kier alpha value is -4.14. The molecule has 0 radical (unpaired) electrons. The zero-order valence-electron chi connectivity index (χ0n) is 25.5. The number of carboxylic acids is 1. The minimum absolute atomic E-state index is 0.0946. The van der Waals surface area contributed by atoms with Gasteiger partial charge in [0.25, 0.3) is 5.91 Å². The Morgan fingerprint density at radius 1 is 1.06 bits per heavy atom. The van der Waals surface area contributed by atoms with Gasteiger partial charge in [-0.1, -0.05) is 22.9 Å². The van der Waals surface area contributed by atoms with Crippen molar-refractivity contribution in [3.63, 3.8) is 0 Å². The first-order valence-corrected chi connectivity index (χ1v) is 17.6. The number of esters is 1. The van der Waals surface area contributed by atoms with Gasteiger partial charge in [-0.05, 0) is 73.6 Å². The first-order chi connectivity index (χ1) is 23.0. The number of rotatable bonds is 10.